The Hall–Kier alpha value is -1.13. The summed E-state index contributed by atoms with van der Waals surface area (Å²) in [6.07, 6.45) is 0.568. The molecule has 3 N–H and O–H groups in total. The van der Waals surface area contributed by atoms with E-state index in [9.17, 15) is 4.79 Å². The number of nitrogens with one attached hydrogen (secondary N) is 1. The molecule has 0 fully saturated rings. The molecule has 1 aromatic heterocycles. The molecule has 88 valence electrons. The first-order valence-corrected chi connectivity index (χ1v) is 5.48. The van der Waals surface area contributed by atoms with Crippen LogP contribution >= 0.6 is 11.6 Å². The summed E-state index contributed by atoms with van der Waals surface area (Å²) in [6.45, 7) is 5.34. The number of carbonyl (C=O) groups is 1. The van der Waals surface area contributed by atoms with Crippen LogP contribution in [0.4, 0.5) is 5.69 Å². The van der Waals surface area contributed by atoms with Crippen molar-refractivity contribution < 1.29 is 4.79 Å². The molecule has 1 heterocycles. The van der Waals surface area contributed by atoms with Crippen molar-refractivity contribution >= 4 is 23.2 Å². The molecule has 0 saturated heterocycles. The number of nitrogens with zero attached hydrogens (tertiary/aromatic N) is 1. The highest BCUT2D eigenvalue weighted by atomic mass is 35.5. The lowest BCUT2D eigenvalue weighted by atomic mass is 9.99. The lowest BCUT2D eigenvalue weighted by Crippen LogP contribution is -2.47. The molecule has 0 aliphatic rings. The third-order valence-corrected chi connectivity index (χ3v) is 2.76. The standard InChI is InChI=1S/C11H16ClN3O/c1-4-11(3,13)10(16)15-8-5-6-9(12)14-7(8)2/h5-6H,4,13H2,1-3H3,(H,15,16). The van der Waals surface area contributed by atoms with E-state index in [-0.39, 0.29) is 5.91 Å². The van der Waals surface area contributed by atoms with Gasteiger partial charge in [-0.05, 0) is 32.4 Å². The van der Waals surface area contributed by atoms with E-state index in [2.05, 4.69) is 10.3 Å². The average molecular weight is 242 g/mol. The van der Waals surface area contributed by atoms with Gasteiger partial charge < -0.3 is 11.1 Å². The maximum atomic E-state index is 11.8. The zero-order chi connectivity index (χ0) is 12.3. The van der Waals surface area contributed by atoms with Gasteiger partial charge in [-0.1, -0.05) is 18.5 Å². The Morgan fingerprint density at radius 2 is 2.25 bits per heavy atom. The molecule has 4 nitrogen and oxygen atoms in total. The largest absolute Gasteiger partial charge is 0.323 e. The fourth-order valence-corrected chi connectivity index (χ4v) is 1.28. The van der Waals surface area contributed by atoms with Gasteiger partial charge in [0.25, 0.3) is 0 Å². The number of hydrogen-bond acceptors (Lipinski definition) is 3. The Bertz CT molecular complexity index is 404. The van der Waals surface area contributed by atoms with Crippen molar-refractivity contribution in [1.29, 1.82) is 0 Å². The van der Waals surface area contributed by atoms with Crippen LogP contribution in [-0.2, 0) is 4.79 Å². The van der Waals surface area contributed by atoms with Crippen molar-refractivity contribution in [2.24, 2.45) is 5.73 Å². The van der Waals surface area contributed by atoms with Gasteiger partial charge in [-0.2, -0.15) is 0 Å². The quantitative estimate of drug-likeness (QED) is 0.797. The third-order valence-electron chi connectivity index (χ3n) is 2.55. The second-order valence-corrected chi connectivity index (χ2v) is 4.38. The molecule has 0 aliphatic carbocycles. The molecule has 16 heavy (non-hydrogen) atoms. The predicted octanol–water partition coefficient (Wildman–Crippen LogP) is 2.11. The maximum absolute atomic E-state index is 11.8. The summed E-state index contributed by atoms with van der Waals surface area (Å²) in [5.74, 6) is -0.220. The lowest BCUT2D eigenvalue weighted by molar-refractivity contribution is -0.120. The van der Waals surface area contributed by atoms with Gasteiger partial charge >= 0.3 is 0 Å². The number of anilines is 1. The fourth-order valence-electron chi connectivity index (χ4n) is 1.09. The van der Waals surface area contributed by atoms with Gasteiger partial charge in [0.15, 0.2) is 0 Å². The summed E-state index contributed by atoms with van der Waals surface area (Å²) in [5.41, 5.74) is 6.27. The first-order valence-electron chi connectivity index (χ1n) is 5.10. The smallest absolute Gasteiger partial charge is 0.244 e. The van der Waals surface area contributed by atoms with Crippen LogP contribution in [0.1, 0.15) is 26.0 Å². The minimum absolute atomic E-state index is 0.220. The van der Waals surface area contributed by atoms with E-state index in [1.165, 1.54) is 0 Å². The fraction of sp³-hybridized carbons (Fsp3) is 0.455. The van der Waals surface area contributed by atoms with Crippen LogP contribution in [0.3, 0.4) is 0 Å². The first kappa shape index (κ1) is 12.9. The van der Waals surface area contributed by atoms with Crippen LogP contribution in [0.2, 0.25) is 5.15 Å². The Morgan fingerprint density at radius 3 is 2.75 bits per heavy atom. The van der Waals surface area contributed by atoms with Crippen LogP contribution < -0.4 is 11.1 Å². The minimum atomic E-state index is -0.869. The van der Waals surface area contributed by atoms with E-state index < -0.39 is 5.54 Å². The molecule has 1 unspecified atom stereocenters. The number of halogens is 1. The molecular formula is C11H16ClN3O. The summed E-state index contributed by atoms with van der Waals surface area (Å²) < 4.78 is 0. The van der Waals surface area contributed by atoms with Crippen molar-refractivity contribution in [1.82, 2.24) is 4.98 Å². The number of nitrogens with two attached hydrogens (primary N) is 1. The summed E-state index contributed by atoms with van der Waals surface area (Å²) in [5, 5.41) is 3.15. The second kappa shape index (κ2) is 4.80. The monoisotopic (exact) mass is 241 g/mol. The van der Waals surface area contributed by atoms with Gasteiger partial charge in [0.1, 0.15) is 5.15 Å². The molecule has 1 aromatic rings. The maximum Gasteiger partial charge on any atom is 0.244 e. The highest BCUT2D eigenvalue weighted by Crippen LogP contribution is 2.17. The molecule has 0 radical (unpaired) electrons. The Balaban J connectivity index is 2.85. The van der Waals surface area contributed by atoms with Gasteiger partial charge in [0.2, 0.25) is 5.91 Å². The predicted molar refractivity (Wildman–Crippen MR) is 65.5 cm³/mol. The van der Waals surface area contributed by atoms with Crippen LogP contribution in [0.5, 0.6) is 0 Å². The van der Waals surface area contributed by atoms with Gasteiger partial charge in [-0.3, -0.25) is 4.79 Å². The summed E-state index contributed by atoms with van der Waals surface area (Å²) in [4.78, 5) is 15.8. The van der Waals surface area contributed by atoms with Crippen LogP contribution in [0.25, 0.3) is 0 Å². The van der Waals surface area contributed by atoms with E-state index in [4.69, 9.17) is 17.3 Å². The van der Waals surface area contributed by atoms with Crippen molar-refractivity contribution in [2.75, 3.05) is 5.32 Å². The zero-order valence-electron chi connectivity index (χ0n) is 9.67. The highest BCUT2D eigenvalue weighted by Gasteiger charge is 2.26. The van der Waals surface area contributed by atoms with Crippen LogP contribution in [0, 0.1) is 6.92 Å². The molecule has 0 aliphatic heterocycles. The Morgan fingerprint density at radius 1 is 1.62 bits per heavy atom. The van der Waals surface area contributed by atoms with Crippen molar-refractivity contribution in [3.63, 3.8) is 0 Å². The summed E-state index contributed by atoms with van der Waals surface area (Å²) in [7, 11) is 0. The topological polar surface area (TPSA) is 68.0 Å². The van der Waals surface area contributed by atoms with Gasteiger partial charge in [0, 0.05) is 0 Å². The van der Waals surface area contributed by atoms with Crippen LogP contribution in [-0.4, -0.2) is 16.4 Å². The number of rotatable bonds is 3. The molecule has 5 heteroatoms. The first-order chi connectivity index (χ1) is 7.36. The van der Waals surface area contributed by atoms with E-state index in [0.29, 0.717) is 23.0 Å². The Labute approximate surface area is 100 Å². The SMILES string of the molecule is CCC(C)(N)C(=O)Nc1ccc(Cl)nc1C. The molecule has 0 saturated carbocycles. The number of pyridine rings is 1. The molecule has 0 spiro atoms. The van der Waals surface area contributed by atoms with Crippen molar-refractivity contribution in [3.8, 4) is 0 Å². The summed E-state index contributed by atoms with van der Waals surface area (Å²) >= 11 is 5.72. The zero-order valence-corrected chi connectivity index (χ0v) is 10.4. The lowest BCUT2D eigenvalue weighted by Gasteiger charge is -2.21. The van der Waals surface area contributed by atoms with Gasteiger partial charge in [-0.25, -0.2) is 4.98 Å². The molecular weight excluding hydrogens is 226 g/mol. The second-order valence-electron chi connectivity index (χ2n) is 3.99. The molecule has 0 aromatic carbocycles. The van der Waals surface area contributed by atoms with E-state index in [1.54, 1.807) is 26.0 Å². The number of aromatic nitrogens is 1. The number of hydrogen-bond donors (Lipinski definition) is 2. The number of carbonyl (C=O) groups excluding carboxylic acids is 1. The van der Waals surface area contributed by atoms with Crippen molar-refractivity contribution in [3.05, 3.63) is 23.0 Å². The highest BCUT2D eigenvalue weighted by molar-refractivity contribution is 6.29. The van der Waals surface area contributed by atoms with Gasteiger partial charge in [0.05, 0.1) is 16.9 Å². The summed E-state index contributed by atoms with van der Waals surface area (Å²) in [6, 6.07) is 3.35. The van der Waals surface area contributed by atoms with E-state index in [0.717, 1.165) is 0 Å². The molecule has 0 bridgehead atoms. The molecule has 1 amide bonds. The van der Waals surface area contributed by atoms with Gasteiger partial charge in [-0.15, -0.1) is 0 Å². The normalized spacial score (nSPS) is 14.3. The minimum Gasteiger partial charge on any atom is -0.323 e. The molecule has 1 rings (SSSR count). The molecule has 1 atom stereocenters. The number of amides is 1. The van der Waals surface area contributed by atoms with E-state index >= 15 is 0 Å². The Kier molecular flexibility index (Phi) is 3.88. The van der Waals surface area contributed by atoms with Crippen LogP contribution in [0.15, 0.2) is 12.1 Å². The third kappa shape index (κ3) is 2.93. The average Bonchev–Trinajstić information content (AvgIpc) is 2.22. The van der Waals surface area contributed by atoms with E-state index in [1.807, 2.05) is 6.92 Å². The van der Waals surface area contributed by atoms with Crippen molar-refractivity contribution in [2.45, 2.75) is 32.7 Å². The number of aryl methyl sites for hydroxylation is 1.